The molecule has 1 aromatic carbocycles. The average molecular weight is 712 g/mol. The largest absolute Gasteiger partial charge is 0.497 e. The molecule has 1 amide bonds. The zero-order valence-corrected chi connectivity index (χ0v) is 31.8. The fraction of sp³-hybridized carbons (Fsp3) is 0.821. The van der Waals surface area contributed by atoms with Crippen molar-refractivity contribution in [2.75, 3.05) is 46.8 Å². The van der Waals surface area contributed by atoms with Crippen molar-refractivity contribution in [1.29, 1.82) is 0 Å². The van der Waals surface area contributed by atoms with Gasteiger partial charge in [0.05, 0.1) is 32.5 Å². The minimum absolute atomic E-state index is 0.103. The van der Waals surface area contributed by atoms with Gasteiger partial charge in [-0.15, -0.1) is 0 Å². The summed E-state index contributed by atoms with van der Waals surface area (Å²) in [5.74, 6) is 0.590. The van der Waals surface area contributed by atoms with Gasteiger partial charge in [-0.2, -0.15) is 0 Å². The number of hydrogen-bond donors (Lipinski definition) is 3. The molecule has 1 aromatic rings. The van der Waals surface area contributed by atoms with Crippen molar-refractivity contribution in [2.45, 2.75) is 161 Å². The molecule has 11 nitrogen and oxygen atoms in total. The Balaban J connectivity index is 2.19. The number of aliphatic hydroxyl groups is 2. The van der Waals surface area contributed by atoms with E-state index in [9.17, 15) is 15.0 Å². The second kappa shape index (κ2) is 26.9. The normalized spacial score (nSPS) is 22.6. The van der Waals surface area contributed by atoms with E-state index < -0.39 is 49.0 Å². The Morgan fingerprint density at radius 1 is 0.780 bits per heavy atom. The van der Waals surface area contributed by atoms with Crippen LogP contribution in [-0.2, 0) is 39.6 Å². The molecule has 1 heterocycles. The van der Waals surface area contributed by atoms with Crippen LogP contribution in [0.3, 0.4) is 0 Å². The molecular weight excluding hydrogens is 642 g/mol. The summed E-state index contributed by atoms with van der Waals surface area (Å²) in [7, 11) is 1.64. The lowest BCUT2D eigenvalue weighted by Crippen LogP contribution is -2.63. The lowest BCUT2D eigenvalue weighted by atomic mass is 9.97. The van der Waals surface area contributed by atoms with E-state index >= 15 is 0 Å². The van der Waals surface area contributed by atoms with Gasteiger partial charge >= 0.3 is 0 Å². The fourth-order valence-corrected chi connectivity index (χ4v) is 5.70. The quantitative estimate of drug-likeness (QED) is 0.0883. The number of carbonyl (C=O) groups excluding carboxylic acids is 1. The van der Waals surface area contributed by atoms with Crippen molar-refractivity contribution in [3.8, 4) is 5.75 Å². The molecule has 0 bridgehead atoms. The number of aryl methyl sites for hydroxylation is 1. The maximum absolute atomic E-state index is 13.1. The molecule has 1 aliphatic heterocycles. The highest BCUT2D eigenvalue weighted by atomic mass is 16.7. The Hall–Kier alpha value is -1.83. The highest BCUT2D eigenvalue weighted by Crippen LogP contribution is 2.30. The molecule has 2 rings (SSSR count). The summed E-state index contributed by atoms with van der Waals surface area (Å²) >= 11 is 0. The van der Waals surface area contributed by atoms with Crippen molar-refractivity contribution < 1.29 is 48.2 Å². The Morgan fingerprint density at radius 2 is 1.36 bits per heavy atom. The Bertz CT molecular complexity index is 980. The number of unbranched alkanes of at least 4 members (excludes halogenated alkanes) is 5. The minimum atomic E-state index is -1.25. The molecule has 0 spiro atoms. The highest BCUT2D eigenvalue weighted by molar-refractivity contribution is 5.76. The first kappa shape index (κ1) is 44.3. The van der Waals surface area contributed by atoms with Crippen molar-refractivity contribution in [3.63, 3.8) is 0 Å². The van der Waals surface area contributed by atoms with Crippen LogP contribution < -0.4 is 10.1 Å². The molecule has 1 fully saturated rings. The molecule has 1 aliphatic rings. The van der Waals surface area contributed by atoms with Crippen molar-refractivity contribution in [1.82, 2.24) is 5.32 Å². The number of carbonyl (C=O) groups is 1. The summed E-state index contributed by atoms with van der Waals surface area (Å²) in [4.78, 5) is 13.1. The first-order chi connectivity index (χ1) is 24.3. The first-order valence-electron chi connectivity index (χ1n) is 19.3. The summed E-state index contributed by atoms with van der Waals surface area (Å²) in [5.41, 5.74) is 1.18. The zero-order valence-electron chi connectivity index (χ0n) is 31.8. The van der Waals surface area contributed by atoms with Crippen LogP contribution in [0.2, 0.25) is 0 Å². The second-order valence-electron chi connectivity index (χ2n) is 13.3. The Morgan fingerprint density at radius 3 is 1.94 bits per heavy atom. The third kappa shape index (κ3) is 16.7. The minimum Gasteiger partial charge on any atom is -0.497 e. The molecular formula is C39H69NO10. The first-order valence-corrected chi connectivity index (χ1v) is 19.3. The van der Waals surface area contributed by atoms with E-state index in [0.717, 1.165) is 70.0 Å². The van der Waals surface area contributed by atoms with Gasteiger partial charge in [0.15, 0.2) is 6.29 Å². The number of benzene rings is 1. The molecule has 8 atom stereocenters. The van der Waals surface area contributed by atoms with Crippen LogP contribution in [0.15, 0.2) is 24.3 Å². The molecule has 11 heteroatoms. The Kier molecular flexibility index (Phi) is 23.8. The molecule has 3 N–H and O–H groups in total. The van der Waals surface area contributed by atoms with Gasteiger partial charge in [-0.05, 0) is 69.6 Å². The van der Waals surface area contributed by atoms with Gasteiger partial charge in [0.2, 0.25) is 5.91 Å². The number of aliphatic hydroxyl groups excluding tert-OH is 2. The fourth-order valence-electron chi connectivity index (χ4n) is 5.70. The van der Waals surface area contributed by atoms with E-state index in [-0.39, 0.29) is 18.9 Å². The third-order valence-corrected chi connectivity index (χ3v) is 8.91. The van der Waals surface area contributed by atoms with Crippen LogP contribution in [0.25, 0.3) is 0 Å². The summed E-state index contributed by atoms with van der Waals surface area (Å²) in [6.45, 7) is 12.4. The van der Waals surface area contributed by atoms with Gasteiger partial charge in [-0.25, -0.2) is 0 Å². The third-order valence-electron chi connectivity index (χ3n) is 8.91. The van der Waals surface area contributed by atoms with Crippen LogP contribution in [-0.4, -0.2) is 112 Å². The van der Waals surface area contributed by atoms with Crippen LogP contribution in [0.4, 0.5) is 0 Å². The molecule has 0 saturated carbocycles. The number of methoxy groups -OCH3 is 1. The standard InChI is InChI=1S/C39H69NO10/c1-7-11-23-45-28-33-36(46-24-12-8-2)37(47-25-13-9-3)38(48-26-14-10-4)39(50-33)49-27-32(35(43)29(5)41)40-34(42)18-16-15-17-30-19-21-31(44-6)22-20-30/h19-22,29,32-33,35-39,41,43H,7-18,23-28H2,1-6H3,(H,40,42)/t29-,32+,33?,35-,36?,37?,38?,39?/m1/s1. The monoisotopic (exact) mass is 711 g/mol. The summed E-state index contributed by atoms with van der Waals surface area (Å²) < 4.78 is 43.7. The SMILES string of the molecule is CCCCOCC1OC(OC[C@H](NC(=O)CCCCc2ccc(OC)cc2)[C@H](O)[C@@H](C)O)C(OCCCC)C(OCCCC)C1OCCCC. The molecule has 0 aliphatic carbocycles. The molecule has 5 unspecified atom stereocenters. The topological polar surface area (TPSA) is 134 Å². The van der Waals surface area contributed by atoms with Crippen molar-refractivity contribution in [3.05, 3.63) is 29.8 Å². The van der Waals surface area contributed by atoms with E-state index in [2.05, 4.69) is 33.0 Å². The summed E-state index contributed by atoms with van der Waals surface area (Å²) in [6.07, 6.45) is 4.93. The number of ether oxygens (including phenoxy) is 7. The maximum atomic E-state index is 13.1. The van der Waals surface area contributed by atoms with E-state index in [1.54, 1.807) is 7.11 Å². The Labute approximate surface area is 302 Å². The van der Waals surface area contributed by atoms with Gasteiger partial charge in [0.1, 0.15) is 36.3 Å². The van der Waals surface area contributed by atoms with E-state index in [0.29, 0.717) is 39.5 Å². The van der Waals surface area contributed by atoms with Crippen LogP contribution >= 0.6 is 0 Å². The van der Waals surface area contributed by atoms with Crippen molar-refractivity contribution in [2.24, 2.45) is 0 Å². The van der Waals surface area contributed by atoms with Gasteiger partial charge in [0, 0.05) is 32.8 Å². The number of hydrogen-bond acceptors (Lipinski definition) is 10. The molecule has 0 aromatic heterocycles. The van der Waals surface area contributed by atoms with Gasteiger partial charge in [-0.3, -0.25) is 4.79 Å². The van der Waals surface area contributed by atoms with Crippen molar-refractivity contribution >= 4 is 5.91 Å². The predicted molar refractivity (Wildman–Crippen MR) is 194 cm³/mol. The van der Waals surface area contributed by atoms with Gasteiger partial charge < -0.3 is 48.7 Å². The number of amides is 1. The van der Waals surface area contributed by atoms with Gasteiger partial charge in [0.25, 0.3) is 0 Å². The van der Waals surface area contributed by atoms with Crippen LogP contribution in [0.5, 0.6) is 5.75 Å². The maximum Gasteiger partial charge on any atom is 0.220 e. The van der Waals surface area contributed by atoms with E-state index in [4.69, 9.17) is 33.2 Å². The molecule has 1 saturated heterocycles. The smallest absolute Gasteiger partial charge is 0.220 e. The summed E-state index contributed by atoms with van der Waals surface area (Å²) in [5, 5.41) is 24.2. The van der Waals surface area contributed by atoms with E-state index in [1.165, 1.54) is 12.5 Å². The molecule has 0 radical (unpaired) electrons. The lowest BCUT2D eigenvalue weighted by Gasteiger charge is -2.46. The number of nitrogens with one attached hydrogen (secondary N) is 1. The van der Waals surface area contributed by atoms with Gasteiger partial charge in [-0.1, -0.05) is 65.5 Å². The second-order valence-corrected chi connectivity index (χ2v) is 13.3. The van der Waals surface area contributed by atoms with Crippen LogP contribution in [0, 0.1) is 0 Å². The average Bonchev–Trinajstić information content (AvgIpc) is 3.12. The summed E-state index contributed by atoms with van der Waals surface area (Å²) in [6, 6.07) is 7.04. The molecule has 290 valence electrons. The van der Waals surface area contributed by atoms with Crippen LogP contribution in [0.1, 0.15) is 111 Å². The van der Waals surface area contributed by atoms with E-state index in [1.807, 2.05) is 24.3 Å². The number of rotatable bonds is 29. The highest BCUT2D eigenvalue weighted by Gasteiger charge is 2.49. The molecule has 50 heavy (non-hydrogen) atoms. The lowest BCUT2D eigenvalue weighted by molar-refractivity contribution is -0.325. The predicted octanol–water partition coefficient (Wildman–Crippen LogP) is 5.75. The zero-order chi connectivity index (χ0) is 36.6.